The summed E-state index contributed by atoms with van der Waals surface area (Å²) in [4.78, 5) is 0. The molecule has 1 atom stereocenters. The van der Waals surface area contributed by atoms with Gasteiger partial charge in [-0.1, -0.05) is 44.9 Å². The van der Waals surface area contributed by atoms with Gasteiger partial charge >= 0.3 is 6.18 Å². The van der Waals surface area contributed by atoms with Crippen molar-refractivity contribution in [3.63, 3.8) is 0 Å². The standard InChI is InChI=1S/C13H25F3O2/c1-18-11-9-7-5-3-2-4-6-8-10-12(17)13(14,15)16/h12,17H,2-11H2,1H3. The minimum Gasteiger partial charge on any atom is -0.385 e. The largest absolute Gasteiger partial charge is 0.414 e. The fraction of sp³-hybridized carbons (Fsp3) is 1.00. The SMILES string of the molecule is COCCCCCCCCCCC(O)C(F)(F)F. The highest BCUT2D eigenvalue weighted by Gasteiger charge is 2.37. The summed E-state index contributed by atoms with van der Waals surface area (Å²) in [7, 11) is 1.69. The molecule has 0 aromatic carbocycles. The molecule has 110 valence electrons. The van der Waals surface area contributed by atoms with Crippen molar-refractivity contribution in [2.24, 2.45) is 0 Å². The molecule has 1 unspecified atom stereocenters. The maximum absolute atomic E-state index is 12.0. The zero-order valence-electron chi connectivity index (χ0n) is 11.1. The summed E-state index contributed by atoms with van der Waals surface area (Å²) in [5, 5.41) is 8.77. The number of methoxy groups -OCH3 is 1. The van der Waals surface area contributed by atoms with Gasteiger partial charge in [0.2, 0.25) is 0 Å². The molecule has 0 fully saturated rings. The second-order valence-electron chi connectivity index (χ2n) is 4.67. The van der Waals surface area contributed by atoms with Crippen molar-refractivity contribution < 1.29 is 23.0 Å². The van der Waals surface area contributed by atoms with Crippen LogP contribution in [0.5, 0.6) is 0 Å². The number of hydrogen-bond donors (Lipinski definition) is 1. The van der Waals surface area contributed by atoms with E-state index in [1.54, 1.807) is 7.11 Å². The van der Waals surface area contributed by atoms with Crippen molar-refractivity contribution in [3.05, 3.63) is 0 Å². The van der Waals surface area contributed by atoms with Gasteiger partial charge in [-0.3, -0.25) is 0 Å². The smallest absolute Gasteiger partial charge is 0.385 e. The van der Waals surface area contributed by atoms with Gasteiger partial charge < -0.3 is 9.84 Å². The van der Waals surface area contributed by atoms with Crippen molar-refractivity contribution in [2.45, 2.75) is 70.1 Å². The molecular formula is C13H25F3O2. The van der Waals surface area contributed by atoms with Gasteiger partial charge in [0.25, 0.3) is 0 Å². The molecule has 0 aromatic heterocycles. The van der Waals surface area contributed by atoms with Crippen molar-refractivity contribution in [1.82, 2.24) is 0 Å². The second kappa shape index (κ2) is 10.6. The van der Waals surface area contributed by atoms with Crippen LogP contribution in [0.15, 0.2) is 0 Å². The molecule has 0 radical (unpaired) electrons. The summed E-state index contributed by atoms with van der Waals surface area (Å²) >= 11 is 0. The van der Waals surface area contributed by atoms with E-state index in [4.69, 9.17) is 9.84 Å². The van der Waals surface area contributed by atoms with Crippen LogP contribution in [0.25, 0.3) is 0 Å². The number of ether oxygens (including phenoxy) is 1. The molecule has 0 amide bonds. The maximum Gasteiger partial charge on any atom is 0.414 e. The summed E-state index contributed by atoms with van der Waals surface area (Å²) in [5.41, 5.74) is 0. The molecule has 1 N–H and O–H groups in total. The van der Waals surface area contributed by atoms with Gasteiger partial charge in [0.1, 0.15) is 6.10 Å². The monoisotopic (exact) mass is 270 g/mol. The number of halogens is 3. The summed E-state index contributed by atoms with van der Waals surface area (Å²) < 4.78 is 40.8. The van der Waals surface area contributed by atoms with E-state index in [-0.39, 0.29) is 6.42 Å². The van der Waals surface area contributed by atoms with E-state index in [0.29, 0.717) is 6.42 Å². The van der Waals surface area contributed by atoms with Crippen LogP contribution < -0.4 is 0 Å². The molecule has 0 bridgehead atoms. The molecule has 0 saturated heterocycles. The lowest BCUT2D eigenvalue weighted by atomic mass is 10.1. The predicted octanol–water partition coefficient (Wildman–Crippen LogP) is 4.07. The molecule has 0 aliphatic heterocycles. The molecule has 0 aliphatic rings. The molecule has 2 nitrogen and oxygen atoms in total. The number of hydrogen-bond acceptors (Lipinski definition) is 2. The van der Waals surface area contributed by atoms with Crippen molar-refractivity contribution in [1.29, 1.82) is 0 Å². The van der Waals surface area contributed by atoms with Crippen LogP contribution in [0.3, 0.4) is 0 Å². The van der Waals surface area contributed by atoms with E-state index in [1.165, 1.54) is 0 Å². The highest BCUT2D eigenvalue weighted by Crippen LogP contribution is 2.24. The van der Waals surface area contributed by atoms with Crippen molar-refractivity contribution in [2.75, 3.05) is 13.7 Å². The Hall–Kier alpha value is -0.290. The Kier molecular flexibility index (Phi) is 10.4. The van der Waals surface area contributed by atoms with E-state index < -0.39 is 12.3 Å². The number of unbranched alkanes of at least 4 members (excludes halogenated alkanes) is 7. The number of rotatable bonds is 11. The third-order valence-corrected chi connectivity index (χ3v) is 2.95. The lowest BCUT2D eigenvalue weighted by Crippen LogP contribution is -2.28. The fourth-order valence-corrected chi connectivity index (χ4v) is 1.81. The molecule has 0 spiro atoms. The zero-order valence-corrected chi connectivity index (χ0v) is 11.1. The number of alkyl halides is 3. The first kappa shape index (κ1) is 17.7. The topological polar surface area (TPSA) is 29.5 Å². The minimum absolute atomic E-state index is 0.169. The molecule has 5 heteroatoms. The van der Waals surface area contributed by atoms with Gasteiger partial charge in [-0.15, -0.1) is 0 Å². The van der Waals surface area contributed by atoms with Gasteiger partial charge in [-0.05, 0) is 12.8 Å². The van der Waals surface area contributed by atoms with Crippen LogP contribution in [0.1, 0.15) is 57.8 Å². The van der Waals surface area contributed by atoms with Crippen LogP contribution in [0, 0.1) is 0 Å². The Labute approximate surface area is 108 Å². The van der Waals surface area contributed by atoms with Crippen LogP contribution in [-0.2, 0) is 4.74 Å². The van der Waals surface area contributed by atoms with E-state index in [0.717, 1.165) is 51.6 Å². The first-order chi connectivity index (χ1) is 8.48. The van der Waals surface area contributed by atoms with Gasteiger partial charge in [-0.25, -0.2) is 0 Å². The normalized spacial score (nSPS) is 13.8. The highest BCUT2D eigenvalue weighted by molar-refractivity contribution is 4.64. The van der Waals surface area contributed by atoms with Gasteiger partial charge in [0, 0.05) is 13.7 Å². The van der Waals surface area contributed by atoms with Gasteiger partial charge in [-0.2, -0.15) is 13.2 Å². The van der Waals surface area contributed by atoms with Crippen LogP contribution in [-0.4, -0.2) is 31.1 Å². The lowest BCUT2D eigenvalue weighted by molar-refractivity contribution is -0.205. The molecule has 0 heterocycles. The summed E-state index contributed by atoms with van der Waals surface area (Å²) in [6, 6.07) is 0. The van der Waals surface area contributed by atoms with Crippen molar-refractivity contribution >= 4 is 0 Å². The van der Waals surface area contributed by atoms with E-state index in [1.807, 2.05) is 0 Å². The van der Waals surface area contributed by atoms with Crippen LogP contribution in [0.4, 0.5) is 13.2 Å². The summed E-state index contributed by atoms with van der Waals surface area (Å²) in [6.07, 6.45) is 0.985. The molecule has 0 rings (SSSR count). The average Bonchev–Trinajstić information content (AvgIpc) is 2.30. The third-order valence-electron chi connectivity index (χ3n) is 2.95. The lowest BCUT2D eigenvalue weighted by Gasteiger charge is -2.13. The fourth-order valence-electron chi connectivity index (χ4n) is 1.81. The van der Waals surface area contributed by atoms with E-state index >= 15 is 0 Å². The Bertz CT molecular complexity index is 184. The Balaban J connectivity index is 3.17. The van der Waals surface area contributed by atoms with E-state index in [2.05, 4.69) is 0 Å². The molecule has 18 heavy (non-hydrogen) atoms. The van der Waals surface area contributed by atoms with Crippen LogP contribution in [0.2, 0.25) is 0 Å². The maximum atomic E-state index is 12.0. The molecular weight excluding hydrogens is 245 g/mol. The van der Waals surface area contributed by atoms with E-state index in [9.17, 15) is 13.2 Å². The first-order valence-electron chi connectivity index (χ1n) is 6.72. The quantitative estimate of drug-likeness (QED) is 0.573. The third kappa shape index (κ3) is 10.8. The zero-order chi connectivity index (χ0) is 13.9. The van der Waals surface area contributed by atoms with Crippen LogP contribution >= 0.6 is 0 Å². The first-order valence-corrected chi connectivity index (χ1v) is 6.72. The molecule has 0 aromatic rings. The molecule has 0 saturated carbocycles. The predicted molar refractivity (Wildman–Crippen MR) is 65.5 cm³/mol. The van der Waals surface area contributed by atoms with Gasteiger partial charge in [0.15, 0.2) is 0 Å². The Morgan fingerprint density at radius 3 is 1.78 bits per heavy atom. The average molecular weight is 270 g/mol. The van der Waals surface area contributed by atoms with Crippen molar-refractivity contribution in [3.8, 4) is 0 Å². The van der Waals surface area contributed by atoms with Gasteiger partial charge in [0.05, 0.1) is 0 Å². The minimum atomic E-state index is -4.46. The summed E-state index contributed by atoms with van der Waals surface area (Å²) in [6.45, 7) is 0.801. The number of aliphatic hydroxyl groups is 1. The highest BCUT2D eigenvalue weighted by atomic mass is 19.4. The Morgan fingerprint density at radius 1 is 0.889 bits per heavy atom. The Morgan fingerprint density at radius 2 is 1.33 bits per heavy atom. The number of aliphatic hydroxyl groups excluding tert-OH is 1. The molecule has 0 aliphatic carbocycles. The second-order valence-corrected chi connectivity index (χ2v) is 4.67. The summed E-state index contributed by atoms with van der Waals surface area (Å²) in [5.74, 6) is 0.